The van der Waals surface area contributed by atoms with Gasteiger partial charge in [-0.3, -0.25) is 4.68 Å². The number of alkyl halides is 1. The summed E-state index contributed by atoms with van der Waals surface area (Å²) in [5, 5.41) is 5.81. The molecule has 0 spiro atoms. The molecule has 0 aliphatic carbocycles. The highest BCUT2D eigenvalue weighted by atomic mass is 79.9. The lowest BCUT2D eigenvalue weighted by Gasteiger charge is -2.12. The van der Waals surface area contributed by atoms with Gasteiger partial charge in [0.15, 0.2) is 11.5 Å². The van der Waals surface area contributed by atoms with Gasteiger partial charge in [-0.05, 0) is 31.5 Å². The van der Waals surface area contributed by atoms with E-state index < -0.39 is 0 Å². The van der Waals surface area contributed by atoms with Crippen molar-refractivity contribution in [2.24, 2.45) is 0 Å². The fraction of sp³-hybridized carbons (Fsp3) is 0.400. The minimum atomic E-state index is 0.357. The van der Waals surface area contributed by atoms with Crippen LogP contribution in [-0.4, -0.2) is 16.9 Å². The molecule has 0 atom stereocenters. The second kappa shape index (κ2) is 7.18. The van der Waals surface area contributed by atoms with Crippen LogP contribution in [0.4, 0.5) is 0 Å². The molecule has 1 aromatic heterocycles. The van der Waals surface area contributed by atoms with E-state index in [4.69, 9.17) is 21.1 Å². The average Bonchev–Trinajstić information content (AvgIpc) is 2.79. The molecule has 0 bridgehead atoms. The summed E-state index contributed by atoms with van der Waals surface area (Å²) in [7, 11) is 1.63. The van der Waals surface area contributed by atoms with Crippen molar-refractivity contribution in [2.75, 3.05) is 7.11 Å². The summed E-state index contributed by atoms with van der Waals surface area (Å²) in [6.07, 6.45) is 0. The minimum absolute atomic E-state index is 0.357. The maximum atomic E-state index is 6.29. The Hall–Kier alpha value is -1.20. The van der Waals surface area contributed by atoms with Crippen molar-refractivity contribution in [3.8, 4) is 11.5 Å². The van der Waals surface area contributed by atoms with Crippen LogP contribution in [0.3, 0.4) is 0 Å². The van der Waals surface area contributed by atoms with Gasteiger partial charge in [0.1, 0.15) is 6.61 Å². The van der Waals surface area contributed by atoms with Crippen LogP contribution in [0.2, 0.25) is 5.02 Å². The van der Waals surface area contributed by atoms with E-state index in [1.54, 1.807) is 7.11 Å². The Kier molecular flexibility index (Phi) is 5.53. The molecule has 0 N–H and O–H groups in total. The van der Waals surface area contributed by atoms with Gasteiger partial charge in [0.25, 0.3) is 0 Å². The predicted molar refractivity (Wildman–Crippen MR) is 87.6 cm³/mol. The van der Waals surface area contributed by atoms with Crippen molar-refractivity contribution in [3.63, 3.8) is 0 Å². The third kappa shape index (κ3) is 3.52. The van der Waals surface area contributed by atoms with Crippen LogP contribution in [0.25, 0.3) is 0 Å². The molecule has 0 radical (unpaired) electrons. The van der Waals surface area contributed by atoms with Crippen LogP contribution in [0.15, 0.2) is 18.2 Å². The lowest BCUT2D eigenvalue weighted by atomic mass is 10.2. The maximum Gasteiger partial charge on any atom is 0.162 e. The van der Waals surface area contributed by atoms with E-state index in [0.717, 1.165) is 28.8 Å². The molecule has 2 aromatic rings. The average molecular weight is 374 g/mol. The number of aromatic nitrogens is 2. The van der Waals surface area contributed by atoms with Crippen LogP contribution in [0, 0.1) is 6.92 Å². The monoisotopic (exact) mass is 372 g/mol. The Morgan fingerprint density at radius 2 is 2.10 bits per heavy atom. The summed E-state index contributed by atoms with van der Waals surface area (Å²) >= 11 is 9.73. The van der Waals surface area contributed by atoms with E-state index in [0.29, 0.717) is 23.1 Å². The zero-order chi connectivity index (χ0) is 15.4. The number of ether oxygens (including phenoxy) is 2. The van der Waals surface area contributed by atoms with E-state index in [9.17, 15) is 0 Å². The zero-order valence-corrected chi connectivity index (χ0v) is 14.7. The largest absolute Gasteiger partial charge is 0.493 e. The standard InChI is InChI=1S/C15H18BrClN2O2/c1-4-19-12(15(17)10(2)18-19)9-21-14-7-11(8-16)5-6-13(14)20-3/h5-7H,4,8-9H2,1-3H3. The first-order chi connectivity index (χ1) is 10.1. The SMILES string of the molecule is CCn1nc(C)c(Cl)c1COc1cc(CBr)ccc1OC. The Morgan fingerprint density at radius 3 is 2.71 bits per heavy atom. The number of benzene rings is 1. The van der Waals surface area contributed by atoms with E-state index >= 15 is 0 Å². The molecular formula is C15H18BrClN2O2. The molecule has 114 valence electrons. The van der Waals surface area contributed by atoms with E-state index in [1.165, 1.54) is 0 Å². The first-order valence-corrected chi connectivity index (χ1v) is 8.18. The molecule has 0 saturated heterocycles. The van der Waals surface area contributed by atoms with Gasteiger partial charge in [-0.25, -0.2) is 0 Å². The van der Waals surface area contributed by atoms with Crippen molar-refractivity contribution >= 4 is 27.5 Å². The van der Waals surface area contributed by atoms with Gasteiger partial charge in [-0.2, -0.15) is 5.10 Å². The number of methoxy groups -OCH3 is 1. The molecule has 0 unspecified atom stereocenters. The zero-order valence-electron chi connectivity index (χ0n) is 12.3. The van der Waals surface area contributed by atoms with Crippen LogP contribution >= 0.6 is 27.5 Å². The van der Waals surface area contributed by atoms with Crippen molar-refractivity contribution in [3.05, 3.63) is 40.2 Å². The van der Waals surface area contributed by atoms with Gasteiger partial charge >= 0.3 is 0 Å². The summed E-state index contributed by atoms with van der Waals surface area (Å²) in [5.74, 6) is 1.40. The summed E-state index contributed by atoms with van der Waals surface area (Å²) in [5.41, 5.74) is 2.82. The number of hydrogen-bond donors (Lipinski definition) is 0. The van der Waals surface area contributed by atoms with Crippen molar-refractivity contribution in [1.29, 1.82) is 0 Å². The van der Waals surface area contributed by atoms with Crippen molar-refractivity contribution < 1.29 is 9.47 Å². The molecule has 4 nitrogen and oxygen atoms in total. The normalized spacial score (nSPS) is 10.7. The van der Waals surface area contributed by atoms with Crippen LogP contribution in [0.1, 0.15) is 23.9 Å². The van der Waals surface area contributed by atoms with Gasteiger partial charge in [-0.1, -0.05) is 33.6 Å². The summed E-state index contributed by atoms with van der Waals surface area (Å²) < 4.78 is 13.1. The first kappa shape index (κ1) is 16.2. The third-order valence-electron chi connectivity index (χ3n) is 3.20. The third-order valence-corrected chi connectivity index (χ3v) is 4.34. The Morgan fingerprint density at radius 1 is 1.33 bits per heavy atom. The highest BCUT2D eigenvalue weighted by Crippen LogP contribution is 2.30. The summed E-state index contributed by atoms with van der Waals surface area (Å²) in [4.78, 5) is 0. The molecule has 0 saturated carbocycles. The molecule has 0 aliphatic rings. The molecule has 1 heterocycles. The van der Waals surface area contributed by atoms with E-state index in [1.807, 2.05) is 36.7 Å². The number of halogens is 2. The van der Waals surface area contributed by atoms with Gasteiger partial charge in [0.05, 0.1) is 23.5 Å². The van der Waals surface area contributed by atoms with Crippen molar-refractivity contribution in [1.82, 2.24) is 9.78 Å². The van der Waals surface area contributed by atoms with Crippen LogP contribution in [-0.2, 0) is 18.5 Å². The molecule has 6 heteroatoms. The first-order valence-electron chi connectivity index (χ1n) is 6.68. The van der Waals surface area contributed by atoms with Gasteiger partial charge in [0, 0.05) is 11.9 Å². The number of nitrogens with zero attached hydrogens (tertiary/aromatic N) is 2. The topological polar surface area (TPSA) is 36.3 Å². The fourth-order valence-electron chi connectivity index (χ4n) is 2.07. The molecule has 0 aliphatic heterocycles. The second-order valence-electron chi connectivity index (χ2n) is 4.57. The van der Waals surface area contributed by atoms with Crippen LogP contribution < -0.4 is 9.47 Å². The second-order valence-corrected chi connectivity index (χ2v) is 5.51. The smallest absolute Gasteiger partial charge is 0.162 e. The van der Waals surface area contributed by atoms with Gasteiger partial charge in [0.2, 0.25) is 0 Å². The van der Waals surface area contributed by atoms with Crippen LogP contribution in [0.5, 0.6) is 11.5 Å². The minimum Gasteiger partial charge on any atom is -0.493 e. The summed E-state index contributed by atoms with van der Waals surface area (Å²) in [6, 6.07) is 5.85. The van der Waals surface area contributed by atoms with Gasteiger partial charge in [-0.15, -0.1) is 0 Å². The molecule has 0 amide bonds. The highest BCUT2D eigenvalue weighted by molar-refractivity contribution is 9.08. The quantitative estimate of drug-likeness (QED) is 0.706. The van der Waals surface area contributed by atoms with Crippen molar-refractivity contribution in [2.45, 2.75) is 32.3 Å². The molecule has 21 heavy (non-hydrogen) atoms. The van der Waals surface area contributed by atoms with E-state index in [2.05, 4.69) is 21.0 Å². The molecule has 2 rings (SSSR count). The highest BCUT2D eigenvalue weighted by Gasteiger charge is 2.14. The molecular weight excluding hydrogens is 356 g/mol. The Labute approximate surface area is 138 Å². The number of aryl methyl sites for hydroxylation is 2. The lowest BCUT2D eigenvalue weighted by molar-refractivity contribution is 0.274. The fourth-order valence-corrected chi connectivity index (χ4v) is 2.61. The predicted octanol–water partition coefficient (Wildman–Crippen LogP) is 4.35. The van der Waals surface area contributed by atoms with Gasteiger partial charge < -0.3 is 9.47 Å². The maximum absolute atomic E-state index is 6.29. The Balaban J connectivity index is 2.23. The summed E-state index contributed by atoms with van der Waals surface area (Å²) in [6.45, 7) is 5.03. The molecule has 1 aromatic carbocycles. The molecule has 0 fully saturated rings. The lowest BCUT2D eigenvalue weighted by Crippen LogP contribution is -2.07. The number of rotatable bonds is 6. The number of hydrogen-bond acceptors (Lipinski definition) is 3. The Bertz CT molecular complexity index is 628. The van der Waals surface area contributed by atoms with E-state index in [-0.39, 0.29) is 0 Å².